The first-order chi connectivity index (χ1) is 9.23. The lowest BCUT2D eigenvalue weighted by atomic mass is 10.1. The summed E-state index contributed by atoms with van der Waals surface area (Å²) in [7, 11) is 0. The van der Waals surface area contributed by atoms with Crippen LogP contribution in [-0.4, -0.2) is 23.4 Å². The Labute approximate surface area is 119 Å². The fourth-order valence-corrected chi connectivity index (χ4v) is 1.54. The summed E-state index contributed by atoms with van der Waals surface area (Å²) >= 11 is 0. The van der Waals surface area contributed by atoms with Crippen LogP contribution in [0.4, 0.5) is 5.69 Å². The average molecular weight is 277 g/mol. The van der Waals surface area contributed by atoms with Crippen molar-refractivity contribution < 1.29 is 9.59 Å². The van der Waals surface area contributed by atoms with Crippen LogP contribution in [0.1, 0.15) is 44.5 Å². The quantitative estimate of drug-likeness (QED) is 0.785. The summed E-state index contributed by atoms with van der Waals surface area (Å²) in [4.78, 5) is 23.6. The van der Waals surface area contributed by atoms with E-state index in [-0.39, 0.29) is 17.4 Å². The molecule has 0 saturated carbocycles. The molecule has 1 rings (SSSR count). The third-order valence-electron chi connectivity index (χ3n) is 2.68. The second kappa shape index (κ2) is 6.52. The molecule has 20 heavy (non-hydrogen) atoms. The van der Waals surface area contributed by atoms with Crippen molar-refractivity contribution in [1.29, 1.82) is 0 Å². The van der Waals surface area contributed by atoms with Gasteiger partial charge in [0.1, 0.15) is 0 Å². The number of hydrogen-bond acceptors (Lipinski definition) is 3. The summed E-state index contributed by atoms with van der Waals surface area (Å²) in [5.41, 5.74) is 6.54. The Hall–Kier alpha value is -1.88. The highest BCUT2D eigenvalue weighted by Crippen LogP contribution is 2.11. The van der Waals surface area contributed by atoms with Crippen LogP contribution < -0.4 is 16.4 Å². The molecule has 0 bridgehead atoms. The van der Waals surface area contributed by atoms with Gasteiger partial charge >= 0.3 is 0 Å². The minimum atomic E-state index is -0.515. The maximum Gasteiger partial charge on any atom is 0.251 e. The van der Waals surface area contributed by atoms with Crippen LogP contribution in [0.25, 0.3) is 0 Å². The predicted octanol–water partition coefficient (Wildman–Crippen LogP) is 1.89. The van der Waals surface area contributed by atoms with Crippen molar-refractivity contribution in [3.63, 3.8) is 0 Å². The van der Waals surface area contributed by atoms with Gasteiger partial charge in [0.05, 0.1) is 6.04 Å². The highest BCUT2D eigenvalue weighted by atomic mass is 16.2. The standard InChI is InChI=1S/C15H23N3O2/c1-5-12(16)14(20)17-11-8-6-10(7-9-11)13(19)18-15(2,3)4/h6-9,12H,5,16H2,1-4H3,(H,17,20)(H,18,19). The van der Waals surface area contributed by atoms with E-state index in [1.165, 1.54) is 0 Å². The SMILES string of the molecule is CCC(N)C(=O)Nc1ccc(C(=O)NC(C)(C)C)cc1. The predicted molar refractivity (Wildman–Crippen MR) is 80.6 cm³/mol. The zero-order valence-corrected chi connectivity index (χ0v) is 12.5. The Balaban J connectivity index is 2.69. The van der Waals surface area contributed by atoms with E-state index >= 15 is 0 Å². The van der Waals surface area contributed by atoms with Gasteiger partial charge in [-0.25, -0.2) is 0 Å². The summed E-state index contributed by atoms with van der Waals surface area (Å²) in [6.45, 7) is 7.62. The Morgan fingerprint density at radius 3 is 2.20 bits per heavy atom. The van der Waals surface area contributed by atoms with Crippen LogP contribution >= 0.6 is 0 Å². The largest absolute Gasteiger partial charge is 0.347 e. The van der Waals surface area contributed by atoms with Crippen molar-refractivity contribution in [3.05, 3.63) is 29.8 Å². The molecule has 0 aliphatic heterocycles. The summed E-state index contributed by atoms with van der Waals surface area (Å²) in [6, 6.07) is 6.22. The van der Waals surface area contributed by atoms with E-state index in [2.05, 4.69) is 10.6 Å². The monoisotopic (exact) mass is 277 g/mol. The third kappa shape index (κ3) is 5.01. The molecule has 0 aliphatic rings. The van der Waals surface area contributed by atoms with Gasteiger partial charge in [-0.2, -0.15) is 0 Å². The topological polar surface area (TPSA) is 84.2 Å². The second-order valence-electron chi connectivity index (χ2n) is 5.79. The van der Waals surface area contributed by atoms with Gasteiger partial charge in [0.2, 0.25) is 5.91 Å². The van der Waals surface area contributed by atoms with Crippen molar-refractivity contribution in [3.8, 4) is 0 Å². The lowest BCUT2D eigenvalue weighted by Crippen LogP contribution is -2.40. The zero-order valence-electron chi connectivity index (χ0n) is 12.5. The van der Waals surface area contributed by atoms with Crippen molar-refractivity contribution in [2.45, 2.75) is 45.7 Å². The third-order valence-corrected chi connectivity index (χ3v) is 2.68. The van der Waals surface area contributed by atoms with E-state index in [1.807, 2.05) is 27.7 Å². The van der Waals surface area contributed by atoms with Crippen LogP contribution in [-0.2, 0) is 4.79 Å². The first-order valence-electron chi connectivity index (χ1n) is 6.72. The van der Waals surface area contributed by atoms with Gasteiger partial charge in [-0.15, -0.1) is 0 Å². The molecule has 2 amide bonds. The molecule has 1 atom stereocenters. The summed E-state index contributed by atoms with van der Waals surface area (Å²) in [5.74, 6) is -0.361. The van der Waals surface area contributed by atoms with Gasteiger partial charge in [-0.1, -0.05) is 6.92 Å². The molecule has 0 radical (unpaired) electrons. The van der Waals surface area contributed by atoms with Crippen LogP contribution in [0.15, 0.2) is 24.3 Å². The van der Waals surface area contributed by atoms with E-state index in [9.17, 15) is 9.59 Å². The molecule has 0 aliphatic carbocycles. The van der Waals surface area contributed by atoms with Gasteiger partial charge in [-0.05, 0) is 51.5 Å². The summed E-state index contributed by atoms with van der Waals surface area (Å²) < 4.78 is 0. The molecule has 110 valence electrons. The van der Waals surface area contributed by atoms with Crippen molar-refractivity contribution >= 4 is 17.5 Å². The van der Waals surface area contributed by atoms with Crippen molar-refractivity contribution in [2.24, 2.45) is 5.73 Å². The number of carbonyl (C=O) groups excluding carboxylic acids is 2. The van der Waals surface area contributed by atoms with Gasteiger partial charge < -0.3 is 16.4 Å². The normalized spacial score (nSPS) is 12.7. The Morgan fingerprint density at radius 1 is 1.20 bits per heavy atom. The number of nitrogens with two attached hydrogens (primary N) is 1. The number of anilines is 1. The van der Waals surface area contributed by atoms with Crippen LogP contribution in [0.3, 0.4) is 0 Å². The molecule has 4 N–H and O–H groups in total. The van der Waals surface area contributed by atoms with Crippen molar-refractivity contribution in [1.82, 2.24) is 5.32 Å². The number of carbonyl (C=O) groups is 2. The average Bonchev–Trinajstić information content (AvgIpc) is 2.36. The molecule has 1 aromatic rings. The highest BCUT2D eigenvalue weighted by molar-refractivity contribution is 5.97. The van der Waals surface area contributed by atoms with E-state index in [0.29, 0.717) is 17.7 Å². The highest BCUT2D eigenvalue weighted by Gasteiger charge is 2.15. The van der Waals surface area contributed by atoms with E-state index in [4.69, 9.17) is 5.73 Å². The molecular weight excluding hydrogens is 254 g/mol. The Kier molecular flexibility index (Phi) is 5.27. The summed E-state index contributed by atoms with van der Waals surface area (Å²) in [5, 5.41) is 5.59. The molecule has 0 fully saturated rings. The Bertz CT molecular complexity index is 475. The number of benzene rings is 1. The minimum absolute atomic E-state index is 0.138. The molecule has 1 unspecified atom stereocenters. The van der Waals surface area contributed by atoms with Crippen LogP contribution in [0, 0.1) is 0 Å². The molecule has 5 heteroatoms. The first kappa shape index (κ1) is 16.2. The minimum Gasteiger partial charge on any atom is -0.347 e. The van der Waals surface area contributed by atoms with Gasteiger partial charge in [-0.3, -0.25) is 9.59 Å². The van der Waals surface area contributed by atoms with Crippen LogP contribution in [0.2, 0.25) is 0 Å². The summed E-state index contributed by atoms with van der Waals surface area (Å²) in [6.07, 6.45) is 0.581. The molecule has 0 spiro atoms. The van der Waals surface area contributed by atoms with Gasteiger partial charge in [0, 0.05) is 16.8 Å². The maximum absolute atomic E-state index is 11.9. The van der Waals surface area contributed by atoms with E-state index < -0.39 is 6.04 Å². The maximum atomic E-state index is 11.9. The lowest BCUT2D eigenvalue weighted by Gasteiger charge is -2.20. The molecular formula is C15H23N3O2. The zero-order chi connectivity index (χ0) is 15.3. The Morgan fingerprint density at radius 2 is 1.75 bits per heavy atom. The molecule has 1 aromatic carbocycles. The fraction of sp³-hybridized carbons (Fsp3) is 0.467. The first-order valence-corrected chi connectivity index (χ1v) is 6.72. The molecule has 0 heterocycles. The number of hydrogen-bond donors (Lipinski definition) is 3. The van der Waals surface area contributed by atoms with Crippen LogP contribution in [0.5, 0.6) is 0 Å². The fourth-order valence-electron chi connectivity index (χ4n) is 1.54. The molecule has 0 saturated heterocycles. The van der Waals surface area contributed by atoms with Gasteiger partial charge in [0.15, 0.2) is 0 Å². The van der Waals surface area contributed by atoms with E-state index in [0.717, 1.165) is 0 Å². The lowest BCUT2D eigenvalue weighted by molar-refractivity contribution is -0.117. The number of rotatable bonds is 4. The molecule has 5 nitrogen and oxygen atoms in total. The number of amides is 2. The van der Waals surface area contributed by atoms with Crippen molar-refractivity contribution in [2.75, 3.05) is 5.32 Å². The smallest absolute Gasteiger partial charge is 0.251 e. The molecule has 0 aromatic heterocycles. The second-order valence-corrected chi connectivity index (χ2v) is 5.79. The number of nitrogens with one attached hydrogen (secondary N) is 2. The van der Waals surface area contributed by atoms with Gasteiger partial charge in [0.25, 0.3) is 5.91 Å². The van der Waals surface area contributed by atoms with E-state index in [1.54, 1.807) is 24.3 Å².